The number of rotatable bonds is 12. The first-order valence-corrected chi connectivity index (χ1v) is 12.0. The van der Waals surface area contributed by atoms with E-state index in [4.69, 9.17) is 16.3 Å². The van der Waals surface area contributed by atoms with E-state index in [1.165, 1.54) is 0 Å². The minimum atomic E-state index is -0.652. The van der Waals surface area contributed by atoms with Crippen LogP contribution in [0.15, 0.2) is 84.9 Å². The number of ether oxygens (including phenoxy) is 1. The second kappa shape index (κ2) is 13.4. The van der Waals surface area contributed by atoms with Gasteiger partial charge in [-0.05, 0) is 42.7 Å². The zero-order chi connectivity index (χ0) is 24.2. The van der Waals surface area contributed by atoms with Crippen molar-refractivity contribution in [1.82, 2.24) is 10.2 Å². The fraction of sp³-hybridized carbons (Fsp3) is 0.286. The molecule has 5 nitrogen and oxygen atoms in total. The molecule has 0 aliphatic carbocycles. The van der Waals surface area contributed by atoms with Crippen LogP contribution in [0.1, 0.15) is 30.9 Å². The average Bonchev–Trinajstić information content (AvgIpc) is 2.86. The molecule has 3 aromatic carbocycles. The van der Waals surface area contributed by atoms with E-state index in [1.54, 1.807) is 11.0 Å². The summed E-state index contributed by atoms with van der Waals surface area (Å²) in [5.41, 5.74) is 1.79. The molecule has 0 fully saturated rings. The molecule has 0 saturated carbocycles. The number of hydrogen-bond acceptors (Lipinski definition) is 3. The van der Waals surface area contributed by atoms with Gasteiger partial charge in [0.05, 0.1) is 6.61 Å². The molecule has 3 rings (SSSR count). The Morgan fingerprint density at radius 3 is 2.26 bits per heavy atom. The van der Waals surface area contributed by atoms with Gasteiger partial charge >= 0.3 is 0 Å². The van der Waals surface area contributed by atoms with Crippen LogP contribution in [0.3, 0.4) is 0 Å². The van der Waals surface area contributed by atoms with Gasteiger partial charge in [0.1, 0.15) is 11.8 Å². The van der Waals surface area contributed by atoms with Crippen LogP contribution in [0.4, 0.5) is 0 Å². The van der Waals surface area contributed by atoms with E-state index in [0.29, 0.717) is 31.0 Å². The van der Waals surface area contributed by atoms with Gasteiger partial charge in [0, 0.05) is 31.0 Å². The lowest BCUT2D eigenvalue weighted by atomic mass is 10.0. The molecule has 0 radical (unpaired) electrons. The number of nitrogens with zero attached hydrogens (tertiary/aromatic N) is 1. The molecule has 0 aliphatic rings. The number of halogens is 1. The summed E-state index contributed by atoms with van der Waals surface area (Å²) in [5.74, 6) is 0.489. The molecule has 34 heavy (non-hydrogen) atoms. The van der Waals surface area contributed by atoms with Crippen molar-refractivity contribution >= 4 is 23.4 Å². The number of benzene rings is 3. The summed E-state index contributed by atoms with van der Waals surface area (Å²) < 4.78 is 5.74. The lowest BCUT2D eigenvalue weighted by Gasteiger charge is -2.32. The molecule has 0 aliphatic heterocycles. The Labute approximate surface area is 206 Å². The largest absolute Gasteiger partial charge is 0.494 e. The Morgan fingerprint density at radius 1 is 0.941 bits per heavy atom. The number of para-hydroxylation sites is 1. The molecular weight excluding hydrogens is 448 g/mol. The van der Waals surface area contributed by atoms with Gasteiger partial charge in [0.2, 0.25) is 11.8 Å². The molecule has 1 atom stereocenters. The highest BCUT2D eigenvalue weighted by Gasteiger charge is 2.30. The molecule has 0 bridgehead atoms. The monoisotopic (exact) mass is 478 g/mol. The van der Waals surface area contributed by atoms with Gasteiger partial charge in [-0.25, -0.2) is 0 Å². The van der Waals surface area contributed by atoms with E-state index in [2.05, 4.69) is 5.32 Å². The second-order valence-corrected chi connectivity index (χ2v) is 8.39. The summed E-state index contributed by atoms with van der Waals surface area (Å²) in [7, 11) is 0. The molecule has 1 N–H and O–H groups in total. The first-order valence-electron chi connectivity index (χ1n) is 11.6. The van der Waals surface area contributed by atoms with Gasteiger partial charge in [-0.1, -0.05) is 78.3 Å². The molecular formula is C28H31ClN2O3. The smallest absolute Gasteiger partial charge is 0.243 e. The molecule has 3 aromatic rings. The third kappa shape index (κ3) is 7.63. The number of nitrogens with one attached hydrogen (secondary N) is 1. The van der Waals surface area contributed by atoms with Crippen LogP contribution in [0, 0.1) is 0 Å². The zero-order valence-corrected chi connectivity index (χ0v) is 20.2. The van der Waals surface area contributed by atoms with E-state index in [-0.39, 0.29) is 24.8 Å². The zero-order valence-electron chi connectivity index (χ0n) is 19.5. The summed E-state index contributed by atoms with van der Waals surface area (Å²) in [4.78, 5) is 28.2. The minimum Gasteiger partial charge on any atom is -0.494 e. The summed E-state index contributed by atoms with van der Waals surface area (Å²) in [5, 5.41) is 3.47. The Balaban J connectivity index is 1.78. The number of amides is 2. The van der Waals surface area contributed by atoms with Gasteiger partial charge in [-0.2, -0.15) is 0 Å². The van der Waals surface area contributed by atoms with Gasteiger partial charge in [-0.15, -0.1) is 0 Å². The Bertz CT molecular complexity index is 1040. The highest BCUT2D eigenvalue weighted by molar-refractivity contribution is 6.31. The summed E-state index contributed by atoms with van der Waals surface area (Å²) in [6, 6.07) is 26.0. The van der Waals surface area contributed by atoms with Gasteiger partial charge in [-0.3, -0.25) is 9.59 Å². The predicted molar refractivity (Wildman–Crippen MR) is 136 cm³/mol. The fourth-order valence-corrected chi connectivity index (χ4v) is 3.93. The van der Waals surface area contributed by atoms with Crippen LogP contribution >= 0.6 is 11.6 Å². The molecule has 178 valence electrons. The van der Waals surface area contributed by atoms with E-state index >= 15 is 0 Å². The van der Waals surface area contributed by atoms with Gasteiger partial charge in [0.15, 0.2) is 0 Å². The third-order valence-electron chi connectivity index (χ3n) is 5.47. The van der Waals surface area contributed by atoms with E-state index < -0.39 is 6.04 Å². The summed E-state index contributed by atoms with van der Waals surface area (Å²) in [6.45, 7) is 3.04. The number of likely N-dealkylation sites (N-methyl/N-ethyl adjacent to an activating group) is 1. The molecule has 0 heterocycles. The van der Waals surface area contributed by atoms with Crippen LogP contribution in [0.5, 0.6) is 5.75 Å². The van der Waals surface area contributed by atoms with Crippen molar-refractivity contribution in [3.05, 3.63) is 101 Å². The van der Waals surface area contributed by atoms with Crippen molar-refractivity contribution in [2.75, 3.05) is 13.2 Å². The standard InChI is InChI=1S/C28H31ClN2O3/c1-2-30-28(33)26(20-22-12-5-3-6-13-22)31(21-23-14-9-10-17-25(23)29)27(32)18-11-19-34-24-15-7-4-8-16-24/h3-10,12-17,26H,2,11,18-21H2,1H3,(H,30,33)/t26-/m1/s1. The maximum Gasteiger partial charge on any atom is 0.243 e. The van der Waals surface area contributed by atoms with Crippen molar-refractivity contribution in [3.8, 4) is 5.75 Å². The average molecular weight is 479 g/mol. The molecule has 0 aromatic heterocycles. The summed E-state index contributed by atoms with van der Waals surface area (Å²) >= 11 is 6.41. The van der Waals surface area contributed by atoms with E-state index in [1.807, 2.05) is 85.8 Å². The first kappa shape index (κ1) is 25.3. The molecule has 0 spiro atoms. The maximum absolute atomic E-state index is 13.5. The maximum atomic E-state index is 13.5. The lowest BCUT2D eigenvalue weighted by molar-refractivity contribution is -0.141. The van der Waals surface area contributed by atoms with Crippen molar-refractivity contribution < 1.29 is 14.3 Å². The number of carbonyl (C=O) groups excluding carboxylic acids is 2. The van der Waals surface area contributed by atoms with Crippen molar-refractivity contribution in [1.29, 1.82) is 0 Å². The topological polar surface area (TPSA) is 58.6 Å². The summed E-state index contributed by atoms with van der Waals surface area (Å²) in [6.07, 6.45) is 1.23. The minimum absolute atomic E-state index is 0.108. The first-order chi connectivity index (χ1) is 16.6. The van der Waals surface area contributed by atoms with Gasteiger partial charge in [0.25, 0.3) is 0 Å². The van der Waals surface area contributed by atoms with Gasteiger partial charge < -0.3 is 15.0 Å². The molecule has 0 unspecified atom stereocenters. The van der Waals surface area contributed by atoms with Crippen molar-refractivity contribution in [3.63, 3.8) is 0 Å². The highest BCUT2D eigenvalue weighted by atomic mass is 35.5. The Hall–Kier alpha value is -3.31. The Morgan fingerprint density at radius 2 is 1.59 bits per heavy atom. The lowest BCUT2D eigenvalue weighted by Crippen LogP contribution is -2.50. The predicted octanol–water partition coefficient (Wildman–Crippen LogP) is 5.28. The third-order valence-corrected chi connectivity index (χ3v) is 5.84. The molecule has 2 amide bonds. The van der Waals surface area contributed by atoms with Crippen molar-refractivity contribution in [2.45, 2.75) is 38.8 Å². The van der Waals surface area contributed by atoms with E-state index in [0.717, 1.165) is 16.9 Å². The Kier molecular flexibility index (Phi) is 9.98. The SMILES string of the molecule is CCNC(=O)[C@@H](Cc1ccccc1)N(Cc1ccccc1Cl)C(=O)CCCOc1ccccc1. The van der Waals surface area contributed by atoms with Crippen LogP contribution in [0.25, 0.3) is 0 Å². The highest BCUT2D eigenvalue weighted by Crippen LogP contribution is 2.21. The fourth-order valence-electron chi connectivity index (χ4n) is 3.73. The second-order valence-electron chi connectivity index (χ2n) is 7.98. The van der Waals surface area contributed by atoms with E-state index in [9.17, 15) is 9.59 Å². The van der Waals surface area contributed by atoms with Crippen LogP contribution in [-0.2, 0) is 22.6 Å². The van der Waals surface area contributed by atoms with Crippen LogP contribution in [-0.4, -0.2) is 35.9 Å². The van der Waals surface area contributed by atoms with Crippen LogP contribution < -0.4 is 10.1 Å². The normalized spacial score (nSPS) is 11.5. The quantitative estimate of drug-likeness (QED) is 0.360. The number of carbonyl (C=O) groups is 2. The number of hydrogen-bond donors (Lipinski definition) is 1. The molecule has 0 saturated heterocycles. The van der Waals surface area contributed by atoms with Crippen LogP contribution in [0.2, 0.25) is 5.02 Å². The van der Waals surface area contributed by atoms with Crippen molar-refractivity contribution in [2.24, 2.45) is 0 Å². The molecule has 6 heteroatoms.